The summed E-state index contributed by atoms with van der Waals surface area (Å²) in [6.45, 7) is 4.07. The monoisotopic (exact) mass is 336 g/mol. The van der Waals surface area contributed by atoms with Gasteiger partial charge in [-0.2, -0.15) is 0 Å². The lowest BCUT2D eigenvalue weighted by Crippen LogP contribution is -2.28. The molecule has 0 aliphatic rings. The average Bonchev–Trinajstić information content (AvgIpc) is 3.04. The molecule has 24 heavy (non-hydrogen) atoms. The lowest BCUT2D eigenvalue weighted by Gasteiger charge is -2.16. The standard InChI is InChI=1S/C20H20N2OS/c1-14-8-6-7-11-18(14)15(2)21-19(23)12-17-13-24-20(22-17)16-9-4-3-5-10-16/h3-11,13,15H,12H2,1-2H3,(H,21,23). The number of nitrogens with one attached hydrogen (secondary N) is 1. The summed E-state index contributed by atoms with van der Waals surface area (Å²) in [6.07, 6.45) is 0.305. The minimum atomic E-state index is -0.00840. The largest absolute Gasteiger partial charge is 0.349 e. The molecule has 3 aromatic rings. The third-order valence-corrected chi connectivity index (χ3v) is 4.89. The summed E-state index contributed by atoms with van der Waals surface area (Å²) in [7, 11) is 0. The van der Waals surface area contributed by atoms with Crippen LogP contribution < -0.4 is 5.32 Å². The van der Waals surface area contributed by atoms with Crippen LogP contribution in [0.25, 0.3) is 10.6 Å². The highest BCUT2D eigenvalue weighted by Gasteiger charge is 2.13. The van der Waals surface area contributed by atoms with Crippen molar-refractivity contribution < 1.29 is 4.79 Å². The molecule has 1 amide bonds. The Hall–Kier alpha value is -2.46. The number of aryl methyl sites for hydroxylation is 1. The first-order valence-corrected chi connectivity index (χ1v) is 8.86. The summed E-state index contributed by atoms with van der Waals surface area (Å²) in [5, 5.41) is 5.97. The van der Waals surface area contributed by atoms with Crippen LogP contribution in [0.5, 0.6) is 0 Å². The van der Waals surface area contributed by atoms with Gasteiger partial charge in [-0.05, 0) is 25.0 Å². The van der Waals surface area contributed by atoms with Gasteiger partial charge >= 0.3 is 0 Å². The van der Waals surface area contributed by atoms with E-state index in [2.05, 4.69) is 29.4 Å². The molecule has 1 heterocycles. The second-order valence-corrected chi connectivity index (χ2v) is 6.69. The van der Waals surface area contributed by atoms with Crippen LogP contribution in [-0.4, -0.2) is 10.9 Å². The number of hydrogen-bond donors (Lipinski definition) is 1. The van der Waals surface area contributed by atoms with Crippen molar-refractivity contribution in [1.82, 2.24) is 10.3 Å². The van der Waals surface area contributed by atoms with E-state index >= 15 is 0 Å². The Bertz CT molecular complexity index is 826. The molecule has 3 nitrogen and oxygen atoms in total. The second-order valence-electron chi connectivity index (χ2n) is 5.83. The van der Waals surface area contributed by atoms with Gasteiger partial charge in [0.2, 0.25) is 5.91 Å². The molecule has 0 aliphatic carbocycles. The summed E-state index contributed by atoms with van der Waals surface area (Å²) >= 11 is 1.57. The fourth-order valence-corrected chi connectivity index (χ4v) is 3.53. The molecule has 4 heteroatoms. The van der Waals surface area contributed by atoms with Crippen LogP contribution in [0.15, 0.2) is 60.0 Å². The molecular weight excluding hydrogens is 316 g/mol. The van der Waals surface area contributed by atoms with E-state index in [1.54, 1.807) is 11.3 Å². The fourth-order valence-electron chi connectivity index (χ4n) is 2.71. The van der Waals surface area contributed by atoms with Gasteiger partial charge in [-0.3, -0.25) is 4.79 Å². The fraction of sp³-hybridized carbons (Fsp3) is 0.200. The van der Waals surface area contributed by atoms with Gasteiger partial charge < -0.3 is 5.32 Å². The first-order chi connectivity index (χ1) is 11.6. The van der Waals surface area contributed by atoms with Crippen molar-refractivity contribution in [3.8, 4) is 10.6 Å². The molecule has 0 saturated heterocycles. The van der Waals surface area contributed by atoms with Crippen molar-refractivity contribution in [2.24, 2.45) is 0 Å². The van der Waals surface area contributed by atoms with E-state index in [0.717, 1.165) is 21.8 Å². The van der Waals surface area contributed by atoms with E-state index in [0.29, 0.717) is 6.42 Å². The van der Waals surface area contributed by atoms with Gasteiger partial charge in [0.25, 0.3) is 0 Å². The topological polar surface area (TPSA) is 42.0 Å². The van der Waals surface area contributed by atoms with E-state index in [4.69, 9.17) is 0 Å². The van der Waals surface area contributed by atoms with Crippen LogP contribution >= 0.6 is 11.3 Å². The maximum Gasteiger partial charge on any atom is 0.226 e. The van der Waals surface area contributed by atoms with Gasteiger partial charge in [-0.15, -0.1) is 11.3 Å². The second kappa shape index (κ2) is 7.41. The molecule has 1 unspecified atom stereocenters. The van der Waals surface area contributed by atoms with Crippen LogP contribution in [0, 0.1) is 6.92 Å². The molecule has 0 radical (unpaired) electrons. The van der Waals surface area contributed by atoms with Gasteiger partial charge in [-0.25, -0.2) is 4.98 Å². The van der Waals surface area contributed by atoms with Crippen LogP contribution in [0.2, 0.25) is 0 Å². The predicted octanol–water partition coefficient (Wildman–Crippen LogP) is 4.54. The van der Waals surface area contributed by atoms with E-state index < -0.39 is 0 Å². The highest BCUT2D eigenvalue weighted by molar-refractivity contribution is 7.13. The number of benzene rings is 2. The molecule has 1 aromatic heterocycles. The van der Waals surface area contributed by atoms with Crippen molar-refractivity contribution in [2.45, 2.75) is 26.3 Å². The van der Waals surface area contributed by atoms with Crippen molar-refractivity contribution in [2.75, 3.05) is 0 Å². The van der Waals surface area contributed by atoms with E-state index in [9.17, 15) is 4.79 Å². The third-order valence-electron chi connectivity index (χ3n) is 3.95. The molecule has 0 aliphatic heterocycles. The molecule has 1 atom stereocenters. The van der Waals surface area contributed by atoms with E-state index in [1.165, 1.54) is 5.56 Å². The maximum absolute atomic E-state index is 12.3. The number of thiazole rings is 1. The predicted molar refractivity (Wildman–Crippen MR) is 99.0 cm³/mol. The number of carbonyl (C=O) groups is 1. The number of aromatic nitrogens is 1. The first kappa shape index (κ1) is 16.4. The third kappa shape index (κ3) is 3.89. The Morgan fingerprint density at radius 1 is 1.12 bits per heavy atom. The summed E-state index contributed by atoms with van der Waals surface area (Å²) in [4.78, 5) is 16.9. The SMILES string of the molecule is Cc1ccccc1C(C)NC(=O)Cc1csc(-c2ccccc2)n1. The smallest absolute Gasteiger partial charge is 0.226 e. The van der Waals surface area contributed by atoms with Gasteiger partial charge in [0.1, 0.15) is 5.01 Å². The van der Waals surface area contributed by atoms with Gasteiger partial charge in [0.15, 0.2) is 0 Å². The Labute approximate surface area is 146 Å². The van der Waals surface area contributed by atoms with Gasteiger partial charge in [0, 0.05) is 10.9 Å². The summed E-state index contributed by atoms with van der Waals surface area (Å²) in [6, 6.07) is 18.1. The summed E-state index contributed by atoms with van der Waals surface area (Å²) in [5.41, 5.74) is 4.23. The lowest BCUT2D eigenvalue weighted by molar-refractivity contribution is -0.121. The highest BCUT2D eigenvalue weighted by atomic mass is 32.1. The van der Waals surface area contributed by atoms with Crippen LogP contribution in [-0.2, 0) is 11.2 Å². The summed E-state index contributed by atoms with van der Waals surface area (Å²) < 4.78 is 0. The molecule has 0 bridgehead atoms. The van der Waals surface area contributed by atoms with Crippen LogP contribution in [0.1, 0.15) is 29.8 Å². The zero-order valence-corrected chi connectivity index (χ0v) is 14.6. The minimum Gasteiger partial charge on any atom is -0.349 e. The van der Waals surface area contributed by atoms with Gasteiger partial charge in [-0.1, -0.05) is 54.6 Å². The van der Waals surface area contributed by atoms with Crippen molar-refractivity contribution in [1.29, 1.82) is 0 Å². The van der Waals surface area contributed by atoms with Crippen molar-refractivity contribution >= 4 is 17.2 Å². The van der Waals surface area contributed by atoms with Crippen LogP contribution in [0.4, 0.5) is 0 Å². The molecule has 0 saturated carbocycles. The van der Waals surface area contributed by atoms with Crippen molar-refractivity contribution in [3.63, 3.8) is 0 Å². The molecule has 1 N–H and O–H groups in total. The number of amides is 1. The number of hydrogen-bond acceptors (Lipinski definition) is 3. The Morgan fingerprint density at radius 2 is 1.83 bits per heavy atom. The molecule has 122 valence electrons. The minimum absolute atomic E-state index is 0.00401. The molecule has 0 spiro atoms. The first-order valence-electron chi connectivity index (χ1n) is 7.98. The molecule has 2 aromatic carbocycles. The molecule has 0 fully saturated rings. The maximum atomic E-state index is 12.3. The lowest BCUT2D eigenvalue weighted by atomic mass is 10.0. The molecular formula is C20H20N2OS. The number of carbonyl (C=O) groups excluding carboxylic acids is 1. The van der Waals surface area contributed by atoms with Crippen molar-refractivity contribution in [3.05, 3.63) is 76.8 Å². The number of nitrogens with zero attached hydrogens (tertiary/aromatic N) is 1. The zero-order valence-electron chi connectivity index (χ0n) is 13.8. The van der Waals surface area contributed by atoms with E-state index in [1.807, 2.05) is 54.8 Å². The quantitative estimate of drug-likeness (QED) is 0.743. The summed E-state index contributed by atoms with van der Waals surface area (Å²) in [5.74, 6) is -0.00401. The average molecular weight is 336 g/mol. The Balaban J connectivity index is 1.63. The zero-order chi connectivity index (χ0) is 16.9. The Morgan fingerprint density at radius 3 is 2.58 bits per heavy atom. The molecule has 3 rings (SSSR count). The van der Waals surface area contributed by atoms with E-state index in [-0.39, 0.29) is 11.9 Å². The highest BCUT2D eigenvalue weighted by Crippen LogP contribution is 2.23. The Kier molecular flexibility index (Phi) is 5.06. The van der Waals surface area contributed by atoms with Gasteiger partial charge in [0.05, 0.1) is 18.2 Å². The van der Waals surface area contributed by atoms with Crippen LogP contribution in [0.3, 0.4) is 0 Å². The number of rotatable bonds is 5. The normalized spacial score (nSPS) is 11.9.